The highest BCUT2D eigenvalue weighted by Crippen LogP contribution is 2.07. The molecule has 0 bridgehead atoms. The topological polar surface area (TPSA) is 83.5 Å². The van der Waals surface area contributed by atoms with Crippen LogP contribution in [0.25, 0.3) is 0 Å². The van der Waals surface area contributed by atoms with Gasteiger partial charge in [-0.15, -0.1) is 0 Å². The predicted octanol–water partition coefficient (Wildman–Crippen LogP) is 1.16. The van der Waals surface area contributed by atoms with Crippen LogP contribution >= 0.6 is 0 Å². The monoisotopic (exact) mass is 225 g/mol. The van der Waals surface area contributed by atoms with Gasteiger partial charge in [-0.2, -0.15) is 0 Å². The van der Waals surface area contributed by atoms with Crippen LogP contribution in [0.3, 0.4) is 0 Å². The van der Waals surface area contributed by atoms with Crippen molar-refractivity contribution >= 4 is 5.97 Å². The van der Waals surface area contributed by atoms with Crippen molar-refractivity contribution in [3.8, 4) is 0 Å². The first kappa shape index (κ1) is 14.6. The Balaban J connectivity index is 0.00000106. The normalized spacial score (nSPS) is 11.2. The van der Waals surface area contributed by atoms with Crippen molar-refractivity contribution in [1.29, 1.82) is 0 Å². The number of carbonyl (C=O) groups is 1. The number of aliphatic carboxylic acids is 1. The molecule has 0 aliphatic heterocycles. The van der Waals surface area contributed by atoms with Crippen molar-refractivity contribution in [1.82, 2.24) is 0 Å². The smallest absolute Gasteiger partial charge is 0.320 e. The van der Waals surface area contributed by atoms with Gasteiger partial charge in [0, 0.05) is 0 Å². The van der Waals surface area contributed by atoms with Gasteiger partial charge >= 0.3 is 5.97 Å². The second-order valence-corrected chi connectivity index (χ2v) is 3.13. The van der Waals surface area contributed by atoms with Crippen molar-refractivity contribution in [3.05, 3.63) is 35.4 Å². The highest BCUT2D eigenvalue weighted by Gasteiger charge is 2.11. The summed E-state index contributed by atoms with van der Waals surface area (Å²) in [6, 6.07) is 6.21. The van der Waals surface area contributed by atoms with E-state index in [0.29, 0.717) is 0 Å². The molecule has 0 saturated heterocycles. The Kier molecular flexibility index (Phi) is 7.16. The van der Waals surface area contributed by atoms with E-state index in [1.807, 2.05) is 13.8 Å². The zero-order valence-corrected chi connectivity index (χ0v) is 9.68. The van der Waals surface area contributed by atoms with Gasteiger partial charge in [0.15, 0.2) is 0 Å². The molecule has 0 aliphatic rings. The number of aliphatic hydroxyl groups excluding tert-OH is 1. The third-order valence-corrected chi connectivity index (χ3v) is 1.95. The lowest BCUT2D eigenvalue weighted by Gasteiger charge is -2.07. The summed E-state index contributed by atoms with van der Waals surface area (Å²) in [5.74, 6) is -1.01. The molecule has 0 aliphatic carbocycles. The number of rotatable bonds is 4. The Morgan fingerprint density at radius 3 is 2.44 bits per heavy atom. The predicted molar refractivity (Wildman–Crippen MR) is 63.0 cm³/mol. The lowest BCUT2D eigenvalue weighted by Crippen LogP contribution is -2.32. The molecule has 90 valence electrons. The number of benzene rings is 1. The number of hydrogen-bond donors (Lipinski definition) is 3. The molecule has 4 N–H and O–H groups in total. The minimum Gasteiger partial charge on any atom is -0.480 e. The molecule has 0 heterocycles. The molecular weight excluding hydrogens is 206 g/mol. The Morgan fingerprint density at radius 2 is 1.94 bits per heavy atom. The summed E-state index contributed by atoms with van der Waals surface area (Å²) in [5, 5.41) is 17.5. The van der Waals surface area contributed by atoms with Gasteiger partial charge in [0.2, 0.25) is 0 Å². The van der Waals surface area contributed by atoms with Gasteiger partial charge in [-0.25, -0.2) is 0 Å². The Hall–Kier alpha value is -1.39. The molecule has 0 saturated carbocycles. The Labute approximate surface area is 95.7 Å². The molecule has 0 radical (unpaired) electrons. The van der Waals surface area contributed by atoms with Crippen LogP contribution in [0.4, 0.5) is 0 Å². The molecule has 4 nitrogen and oxygen atoms in total. The van der Waals surface area contributed by atoms with Gasteiger partial charge in [-0.05, 0) is 17.5 Å². The van der Waals surface area contributed by atoms with Crippen LogP contribution in [0.1, 0.15) is 25.0 Å². The summed E-state index contributed by atoms with van der Waals surface area (Å²) in [7, 11) is 0. The van der Waals surface area contributed by atoms with E-state index < -0.39 is 12.0 Å². The average Bonchev–Trinajstić information content (AvgIpc) is 2.31. The molecule has 0 spiro atoms. The first-order valence-corrected chi connectivity index (χ1v) is 5.30. The molecule has 0 amide bonds. The number of aliphatic hydroxyl groups is 1. The van der Waals surface area contributed by atoms with Crippen LogP contribution in [-0.2, 0) is 17.8 Å². The molecular formula is C12H19NO3. The highest BCUT2D eigenvalue weighted by molar-refractivity contribution is 5.73. The molecule has 16 heavy (non-hydrogen) atoms. The molecule has 1 rings (SSSR count). The fraction of sp³-hybridized carbons (Fsp3) is 0.417. The van der Waals surface area contributed by atoms with Crippen LogP contribution in [0.15, 0.2) is 24.3 Å². The average molecular weight is 225 g/mol. The van der Waals surface area contributed by atoms with E-state index in [4.69, 9.17) is 15.9 Å². The van der Waals surface area contributed by atoms with E-state index in [2.05, 4.69) is 0 Å². The van der Waals surface area contributed by atoms with E-state index in [1.54, 1.807) is 24.3 Å². The number of nitrogens with two attached hydrogens (primary N) is 1. The largest absolute Gasteiger partial charge is 0.480 e. The van der Waals surface area contributed by atoms with E-state index in [0.717, 1.165) is 11.1 Å². The van der Waals surface area contributed by atoms with Crippen LogP contribution in [0, 0.1) is 0 Å². The molecule has 1 unspecified atom stereocenters. The number of carboxylic acids is 1. The first-order chi connectivity index (χ1) is 7.63. The third-order valence-electron chi connectivity index (χ3n) is 1.95. The third kappa shape index (κ3) is 4.91. The molecule has 0 aromatic heterocycles. The standard InChI is InChI=1S/C10H13NO3.C2H6/c11-9(10(13)14)5-7-2-1-3-8(4-7)6-12;1-2/h1-4,9,12H,5-6,11H2,(H,13,14);1-2H3. The second kappa shape index (κ2) is 7.84. The van der Waals surface area contributed by atoms with Crippen LogP contribution < -0.4 is 5.73 Å². The lowest BCUT2D eigenvalue weighted by molar-refractivity contribution is -0.138. The van der Waals surface area contributed by atoms with Gasteiger partial charge in [0.05, 0.1) is 6.61 Å². The highest BCUT2D eigenvalue weighted by atomic mass is 16.4. The maximum absolute atomic E-state index is 10.5. The van der Waals surface area contributed by atoms with E-state index >= 15 is 0 Å². The van der Waals surface area contributed by atoms with E-state index in [9.17, 15) is 4.79 Å². The molecule has 1 atom stereocenters. The fourth-order valence-corrected chi connectivity index (χ4v) is 1.20. The van der Waals surface area contributed by atoms with Gasteiger partial charge in [-0.3, -0.25) is 4.79 Å². The van der Waals surface area contributed by atoms with Crippen molar-refractivity contribution in [2.45, 2.75) is 32.9 Å². The molecule has 0 fully saturated rings. The van der Waals surface area contributed by atoms with Gasteiger partial charge in [0.1, 0.15) is 6.04 Å². The zero-order chi connectivity index (χ0) is 12.6. The van der Waals surface area contributed by atoms with Crippen LogP contribution in [-0.4, -0.2) is 22.2 Å². The van der Waals surface area contributed by atoms with E-state index in [-0.39, 0.29) is 13.0 Å². The Bertz CT molecular complexity index is 326. The summed E-state index contributed by atoms with van der Waals surface area (Å²) in [6.07, 6.45) is 0.281. The van der Waals surface area contributed by atoms with Crippen LogP contribution in [0.5, 0.6) is 0 Å². The maximum Gasteiger partial charge on any atom is 0.320 e. The molecule has 1 aromatic carbocycles. The Morgan fingerprint density at radius 1 is 1.38 bits per heavy atom. The quantitative estimate of drug-likeness (QED) is 0.718. The molecule has 4 heteroatoms. The first-order valence-electron chi connectivity index (χ1n) is 5.30. The summed E-state index contributed by atoms with van der Waals surface area (Å²) in [6.45, 7) is 3.95. The maximum atomic E-state index is 10.5. The zero-order valence-electron chi connectivity index (χ0n) is 9.68. The lowest BCUT2D eigenvalue weighted by atomic mass is 10.0. The minimum atomic E-state index is -1.01. The SMILES string of the molecule is CC.NC(Cc1cccc(CO)c1)C(=O)O. The summed E-state index contributed by atoms with van der Waals surface area (Å²) >= 11 is 0. The number of carboxylic acid groups (broad SMARTS) is 1. The molecule has 1 aromatic rings. The van der Waals surface area contributed by atoms with Crippen molar-refractivity contribution in [2.75, 3.05) is 0 Å². The van der Waals surface area contributed by atoms with Gasteiger partial charge in [-0.1, -0.05) is 38.1 Å². The van der Waals surface area contributed by atoms with Crippen LogP contribution in [0.2, 0.25) is 0 Å². The summed E-state index contributed by atoms with van der Waals surface area (Å²) in [5.41, 5.74) is 6.97. The fourth-order valence-electron chi connectivity index (χ4n) is 1.20. The van der Waals surface area contributed by atoms with Crippen molar-refractivity contribution < 1.29 is 15.0 Å². The minimum absolute atomic E-state index is 0.0455. The summed E-state index contributed by atoms with van der Waals surface area (Å²) < 4.78 is 0. The van der Waals surface area contributed by atoms with E-state index in [1.165, 1.54) is 0 Å². The van der Waals surface area contributed by atoms with Crippen molar-refractivity contribution in [2.24, 2.45) is 5.73 Å². The van der Waals surface area contributed by atoms with Crippen molar-refractivity contribution in [3.63, 3.8) is 0 Å². The van der Waals surface area contributed by atoms with Gasteiger partial charge in [0.25, 0.3) is 0 Å². The summed E-state index contributed by atoms with van der Waals surface area (Å²) in [4.78, 5) is 10.5. The second-order valence-electron chi connectivity index (χ2n) is 3.13. The number of hydrogen-bond acceptors (Lipinski definition) is 3. The van der Waals surface area contributed by atoms with Gasteiger partial charge < -0.3 is 15.9 Å².